The lowest BCUT2D eigenvalue weighted by Crippen LogP contribution is -2.32. The molecule has 1 saturated heterocycles. The minimum Gasteiger partial charge on any atom is -0.305 e. The molecule has 1 fully saturated rings. The van der Waals surface area contributed by atoms with Gasteiger partial charge in [-0.15, -0.1) is 11.3 Å². The van der Waals surface area contributed by atoms with Crippen molar-refractivity contribution in [2.45, 2.75) is 45.2 Å². The second kappa shape index (κ2) is 6.47. The summed E-state index contributed by atoms with van der Waals surface area (Å²) in [6.07, 6.45) is 5.77. The third-order valence-corrected chi connectivity index (χ3v) is 4.53. The van der Waals surface area contributed by atoms with Gasteiger partial charge in [-0.1, -0.05) is 6.92 Å². The summed E-state index contributed by atoms with van der Waals surface area (Å²) in [4.78, 5) is 6.93. The number of rotatable bonds is 4. The van der Waals surface area contributed by atoms with Crippen molar-refractivity contribution in [1.82, 2.24) is 15.2 Å². The van der Waals surface area contributed by atoms with Crippen LogP contribution in [-0.4, -0.2) is 35.6 Å². The van der Waals surface area contributed by atoms with Gasteiger partial charge in [0.1, 0.15) is 5.01 Å². The summed E-state index contributed by atoms with van der Waals surface area (Å²) in [6, 6.07) is 1.05. The zero-order valence-corrected chi connectivity index (χ0v) is 11.7. The molecule has 0 spiro atoms. The highest BCUT2D eigenvalue weighted by Gasteiger charge is 2.18. The van der Waals surface area contributed by atoms with Crippen LogP contribution in [-0.2, 0) is 0 Å². The first-order valence-electron chi connectivity index (χ1n) is 6.67. The lowest BCUT2D eigenvalue weighted by atomic mass is 10.1. The number of nitrogens with one attached hydrogen (secondary N) is 1. The topological polar surface area (TPSA) is 28.2 Å². The van der Waals surface area contributed by atoms with Gasteiger partial charge in [0.2, 0.25) is 0 Å². The summed E-state index contributed by atoms with van der Waals surface area (Å²) >= 11 is 1.75. The maximum absolute atomic E-state index is 4.38. The molecule has 0 saturated carbocycles. The molecule has 3 nitrogen and oxygen atoms in total. The van der Waals surface area contributed by atoms with Crippen LogP contribution >= 0.6 is 11.3 Å². The van der Waals surface area contributed by atoms with E-state index in [9.17, 15) is 0 Å². The molecule has 2 unspecified atom stereocenters. The molecular formula is C13H23N3S. The summed E-state index contributed by atoms with van der Waals surface area (Å²) in [5, 5.41) is 6.99. The normalized spacial score (nSPS) is 24.5. The maximum atomic E-state index is 4.38. The van der Waals surface area contributed by atoms with Crippen molar-refractivity contribution < 1.29 is 0 Å². The summed E-state index contributed by atoms with van der Waals surface area (Å²) in [5.74, 6) is 0. The molecule has 96 valence electrons. The van der Waals surface area contributed by atoms with Crippen molar-refractivity contribution in [3.05, 3.63) is 16.6 Å². The van der Waals surface area contributed by atoms with Crippen LogP contribution in [0.1, 0.15) is 44.2 Å². The minimum absolute atomic E-state index is 0.396. The van der Waals surface area contributed by atoms with Crippen LogP contribution < -0.4 is 5.32 Å². The second-order valence-corrected chi connectivity index (χ2v) is 5.75. The Hall–Kier alpha value is -0.450. The van der Waals surface area contributed by atoms with Gasteiger partial charge < -0.3 is 10.2 Å². The van der Waals surface area contributed by atoms with Crippen LogP contribution in [0.3, 0.4) is 0 Å². The van der Waals surface area contributed by atoms with Gasteiger partial charge in [0.05, 0.1) is 6.04 Å². The first-order valence-corrected chi connectivity index (χ1v) is 7.55. The number of thiazole rings is 1. The standard InChI is InChI=1S/C13H23N3S/c1-3-16-8-4-5-12(6-9-16)15-11(2)13-14-7-10-17-13/h7,10-12,15H,3-6,8-9H2,1-2H3. The fourth-order valence-corrected chi connectivity index (χ4v) is 3.17. The Bertz CT molecular complexity index is 312. The highest BCUT2D eigenvalue weighted by Crippen LogP contribution is 2.18. The van der Waals surface area contributed by atoms with E-state index in [0.29, 0.717) is 12.1 Å². The third kappa shape index (κ3) is 3.76. The zero-order chi connectivity index (χ0) is 12.1. The molecule has 17 heavy (non-hydrogen) atoms. The summed E-state index contributed by atoms with van der Waals surface area (Å²) in [7, 11) is 0. The van der Waals surface area contributed by atoms with E-state index in [2.05, 4.69) is 34.4 Å². The lowest BCUT2D eigenvalue weighted by Gasteiger charge is -2.21. The molecule has 0 bridgehead atoms. The van der Waals surface area contributed by atoms with E-state index in [-0.39, 0.29) is 0 Å². The fourth-order valence-electron chi connectivity index (χ4n) is 2.51. The predicted molar refractivity (Wildman–Crippen MR) is 73.4 cm³/mol. The van der Waals surface area contributed by atoms with Gasteiger partial charge in [-0.2, -0.15) is 0 Å². The van der Waals surface area contributed by atoms with E-state index in [1.165, 1.54) is 43.9 Å². The molecule has 0 aliphatic carbocycles. The average Bonchev–Trinajstić information content (AvgIpc) is 2.78. The van der Waals surface area contributed by atoms with Crippen molar-refractivity contribution >= 4 is 11.3 Å². The Morgan fingerprint density at radius 2 is 2.41 bits per heavy atom. The Morgan fingerprint density at radius 1 is 1.53 bits per heavy atom. The van der Waals surface area contributed by atoms with E-state index in [1.807, 2.05) is 6.20 Å². The highest BCUT2D eigenvalue weighted by atomic mass is 32.1. The van der Waals surface area contributed by atoms with E-state index in [1.54, 1.807) is 11.3 Å². The number of hydrogen-bond acceptors (Lipinski definition) is 4. The molecule has 1 aromatic rings. The van der Waals surface area contributed by atoms with Gasteiger partial charge in [-0.05, 0) is 45.8 Å². The van der Waals surface area contributed by atoms with Gasteiger partial charge >= 0.3 is 0 Å². The summed E-state index contributed by atoms with van der Waals surface area (Å²) < 4.78 is 0. The first kappa shape index (κ1) is 13.0. The molecule has 1 aliphatic rings. The fraction of sp³-hybridized carbons (Fsp3) is 0.769. The van der Waals surface area contributed by atoms with Crippen LogP contribution in [0.25, 0.3) is 0 Å². The van der Waals surface area contributed by atoms with Crippen LogP contribution in [0.5, 0.6) is 0 Å². The van der Waals surface area contributed by atoms with E-state index in [0.717, 1.165) is 0 Å². The van der Waals surface area contributed by atoms with Crippen LogP contribution in [0.15, 0.2) is 11.6 Å². The number of hydrogen-bond donors (Lipinski definition) is 1. The van der Waals surface area contributed by atoms with Gasteiger partial charge in [-0.25, -0.2) is 4.98 Å². The molecule has 1 aliphatic heterocycles. The molecular weight excluding hydrogens is 230 g/mol. The molecule has 1 N–H and O–H groups in total. The first-order chi connectivity index (χ1) is 8.29. The van der Waals surface area contributed by atoms with Crippen molar-refractivity contribution in [3.8, 4) is 0 Å². The monoisotopic (exact) mass is 253 g/mol. The molecule has 0 radical (unpaired) electrons. The highest BCUT2D eigenvalue weighted by molar-refractivity contribution is 7.09. The third-order valence-electron chi connectivity index (χ3n) is 3.58. The van der Waals surface area contributed by atoms with Crippen LogP contribution in [0.2, 0.25) is 0 Å². The lowest BCUT2D eigenvalue weighted by molar-refractivity contribution is 0.295. The van der Waals surface area contributed by atoms with Crippen LogP contribution in [0, 0.1) is 0 Å². The summed E-state index contributed by atoms with van der Waals surface area (Å²) in [6.45, 7) is 8.17. The maximum Gasteiger partial charge on any atom is 0.109 e. The Morgan fingerprint density at radius 3 is 3.12 bits per heavy atom. The molecule has 0 aromatic carbocycles. The van der Waals surface area contributed by atoms with Crippen molar-refractivity contribution in [2.24, 2.45) is 0 Å². The van der Waals surface area contributed by atoms with E-state index in [4.69, 9.17) is 0 Å². The van der Waals surface area contributed by atoms with Gasteiger partial charge in [0.15, 0.2) is 0 Å². The molecule has 1 aromatic heterocycles. The van der Waals surface area contributed by atoms with Gasteiger partial charge in [0, 0.05) is 17.6 Å². The average molecular weight is 253 g/mol. The van der Waals surface area contributed by atoms with E-state index < -0.39 is 0 Å². The van der Waals surface area contributed by atoms with Crippen molar-refractivity contribution in [2.75, 3.05) is 19.6 Å². The molecule has 2 atom stereocenters. The molecule has 4 heteroatoms. The smallest absolute Gasteiger partial charge is 0.109 e. The number of likely N-dealkylation sites (tertiary alicyclic amines) is 1. The molecule has 0 amide bonds. The van der Waals surface area contributed by atoms with Gasteiger partial charge in [0.25, 0.3) is 0 Å². The molecule has 2 rings (SSSR count). The quantitative estimate of drug-likeness (QED) is 0.894. The zero-order valence-electron chi connectivity index (χ0n) is 10.9. The van der Waals surface area contributed by atoms with Crippen molar-refractivity contribution in [3.63, 3.8) is 0 Å². The number of aromatic nitrogens is 1. The Labute approximate surface area is 108 Å². The summed E-state index contributed by atoms with van der Waals surface area (Å²) in [5.41, 5.74) is 0. The minimum atomic E-state index is 0.396. The van der Waals surface area contributed by atoms with Gasteiger partial charge in [-0.3, -0.25) is 0 Å². The largest absolute Gasteiger partial charge is 0.305 e. The number of nitrogens with zero attached hydrogens (tertiary/aromatic N) is 2. The Balaban J connectivity index is 1.82. The van der Waals surface area contributed by atoms with Crippen LogP contribution in [0.4, 0.5) is 0 Å². The second-order valence-electron chi connectivity index (χ2n) is 4.82. The SMILES string of the molecule is CCN1CCCC(NC(C)c2nccs2)CC1. The Kier molecular flexibility index (Phi) is 4.95. The van der Waals surface area contributed by atoms with Crippen molar-refractivity contribution in [1.29, 1.82) is 0 Å². The van der Waals surface area contributed by atoms with E-state index >= 15 is 0 Å². The molecule has 2 heterocycles. The predicted octanol–water partition coefficient (Wildman–Crippen LogP) is 2.67.